The Bertz CT molecular complexity index is 416. The van der Waals surface area contributed by atoms with Crippen molar-refractivity contribution in [1.82, 2.24) is 20.0 Å². The van der Waals surface area contributed by atoms with Gasteiger partial charge in [0.25, 0.3) is 0 Å². The van der Waals surface area contributed by atoms with E-state index >= 15 is 0 Å². The molecule has 0 fully saturated rings. The first-order valence-corrected chi connectivity index (χ1v) is 5.75. The van der Waals surface area contributed by atoms with Crippen molar-refractivity contribution < 1.29 is 14.7 Å². The van der Waals surface area contributed by atoms with E-state index in [9.17, 15) is 9.59 Å². The maximum absolute atomic E-state index is 11.6. The molecule has 2 N–H and O–H groups in total. The van der Waals surface area contributed by atoms with Crippen molar-refractivity contribution in [1.29, 1.82) is 0 Å². The molecule has 1 aromatic rings. The van der Waals surface area contributed by atoms with Crippen LogP contribution in [0.15, 0.2) is 12.4 Å². The topological polar surface area (TPSA) is 87.5 Å². The van der Waals surface area contributed by atoms with Gasteiger partial charge in [-0.25, -0.2) is 4.79 Å². The molecule has 100 valence electrons. The molecule has 0 spiro atoms. The summed E-state index contributed by atoms with van der Waals surface area (Å²) in [5.41, 5.74) is 1.03. The molecule has 0 unspecified atom stereocenters. The molecule has 0 bridgehead atoms. The van der Waals surface area contributed by atoms with Crippen LogP contribution in [0.2, 0.25) is 0 Å². The Hall–Kier alpha value is -2.05. The second kappa shape index (κ2) is 6.63. The van der Waals surface area contributed by atoms with Gasteiger partial charge in [-0.15, -0.1) is 0 Å². The molecule has 0 aliphatic heterocycles. The van der Waals surface area contributed by atoms with Crippen molar-refractivity contribution in [3.05, 3.63) is 18.0 Å². The molecule has 0 atom stereocenters. The van der Waals surface area contributed by atoms with Crippen LogP contribution in [0.1, 0.15) is 12.5 Å². The molecule has 7 heteroatoms. The fourth-order valence-electron chi connectivity index (χ4n) is 1.52. The van der Waals surface area contributed by atoms with E-state index in [-0.39, 0.29) is 12.6 Å². The van der Waals surface area contributed by atoms with Crippen molar-refractivity contribution in [2.24, 2.45) is 7.05 Å². The first kappa shape index (κ1) is 14.0. The Morgan fingerprint density at radius 2 is 2.28 bits per heavy atom. The minimum atomic E-state index is -1.01. The third-order valence-corrected chi connectivity index (χ3v) is 2.44. The number of nitrogens with zero attached hydrogens (tertiary/aromatic N) is 3. The number of carbonyl (C=O) groups is 2. The van der Waals surface area contributed by atoms with Gasteiger partial charge in [-0.1, -0.05) is 0 Å². The highest BCUT2D eigenvalue weighted by Gasteiger charge is 2.13. The van der Waals surface area contributed by atoms with Gasteiger partial charge >= 0.3 is 12.0 Å². The van der Waals surface area contributed by atoms with Crippen LogP contribution in [-0.4, -0.2) is 51.4 Å². The van der Waals surface area contributed by atoms with Crippen molar-refractivity contribution in [3.8, 4) is 0 Å². The molecule has 2 amide bonds. The van der Waals surface area contributed by atoms with Gasteiger partial charge in [0.1, 0.15) is 6.54 Å². The van der Waals surface area contributed by atoms with Gasteiger partial charge in [0.2, 0.25) is 0 Å². The monoisotopic (exact) mass is 254 g/mol. The fraction of sp³-hybridized carbons (Fsp3) is 0.545. The lowest BCUT2D eigenvalue weighted by molar-refractivity contribution is -0.137. The number of likely N-dealkylation sites (N-methyl/N-ethyl adjacent to an activating group) is 1. The Kier molecular flexibility index (Phi) is 5.16. The van der Waals surface area contributed by atoms with Crippen molar-refractivity contribution in [2.45, 2.75) is 13.3 Å². The second-order valence-electron chi connectivity index (χ2n) is 3.91. The molecule has 18 heavy (non-hydrogen) atoms. The summed E-state index contributed by atoms with van der Waals surface area (Å²) in [7, 11) is 1.83. The van der Waals surface area contributed by atoms with Crippen LogP contribution in [0.25, 0.3) is 0 Å². The first-order chi connectivity index (χ1) is 8.52. The zero-order valence-corrected chi connectivity index (χ0v) is 10.6. The van der Waals surface area contributed by atoms with Crippen LogP contribution < -0.4 is 5.32 Å². The average molecular weight is 254 g/mol. The number of carboxylic acid groups (broad SMARTS) is 1. The fourth-order valence-corrected chi connectivity index (χ4v) is 1.52. The highest BCUT2D eigenvalue weighted by molar-refractivity contribution is 5.79. The van der Waals surface area contributed by atoms with Crippen molar-refractivity contribution in [3.63, 3.8) is 0 Å². The zero-order chi connectivity index (χ0) is 13.5. The molecule has 0 aliphatic rings. The summed E-state index contributed by atoms with van der Waals surface area (Å²) in [6.07, 6.45) is 4.28. The summed E-state index contributed by atoms with van der Waals surface area (Å²) in [5.74, 6) is -1.01. The number of amides is 2. The smallest absolute Gasteiger partial charge is 0.323 e. The Balaban J connectivity index is 2.33. The molecular formula is C11H18N4O3. The lowest BCUT2D eigenvalue weighted by atomic mass is 10.2. The molecule has 7 nitrogen and oxygen atoms in total. The number of urea groups is 1. The van der Waals surface area contributed by atoms with E-state index in [1.165, 1.54) is 4.90 Å². The predicted molar refractivity (Wildman–Crippen MR) is 65.2 cm³/mol. The molecular weight excluding hydrogens is 236 g/mol. The zero-order valence-electron chi connectivity index (χ0n) is 10.6. The standard InChI is InChI=1S/C11H18N4O3/c1-3-15(8-10(16)17)11(18)12-5-4-9-6-13-14(2)7-9/h6-7H,3-5,8H2,1-2H3,(H,12,18)(H,16,17). The molecule has 0 aromatic carbocycles. The third-order valence-electron chi connectivity index (χ3n) is 2.44. The molecule has 0 aliphatic carbocycles. The van der Waals surface area contributed by atoms with Crippen LogP contribution in [0.5, 0.6) is 0 Å². The van der Waals surface area contributed by atoms with E-state index in [1.54, 1.807) is 17.8 Å². The van der Waals surface area contributed by atoms with Gasteiger partial charge in [-0.2, -0.15) is 5.10 Å². The van der Waals surface area contributed by atoms with E-state index < -0.39 is 5.97 Å². The molecule has 0 saturated heterocycles. The largest absolute Gasteiger partial charge is 0.480 e. The van der Waals surface area contributed by atoms with Gasteiger partial charge in [-0.05, 0) is 18.9 Å². The van der Waals surface area contributed by atoms with E-state index in [0.29, 0.717) is 19.5 Å². The SMILES string of the molecule is CCN(CC(=O)O)C(=O)NCCc1cnn(C)c1. The van der Waals surface area contributed by atoms with Crippen molar-refractivity contribution >= 4 is 12.0 Å². The third kappa shape index (κ3) is 4.44. The highest BCUT2D eigenvalue weighted by atomic mass is 16.4. The number of rotatable bonds is 6. The maximum atomic E-state index is 11.6. The average Bonchev–Trinajstić information content (AvgIpc) is 2.71. The van der Waals surface area contributed by atoms with E-state index in [0.717, 1.165) is 5.56 Å². The summed E-state index contributed by atoms with van der Waals surface area (Å²) in [5, 5.41) is 15.3. The van der Waals surface area contributed by atoms with Crippen LogP contribution >= 0.6 is 0 Å². The molecule has 1 aromatic heterocycles. The number of aliphatic carboxylic acids is 1. The minimum Gasteiger partial charge on any atom is -0.480 e. The summed E-state index contributed by atoms with van der Waals surface area (Å²) in [6, 6.07) is -0.358. The van der Waals surface area contributed by atoms with Gasteiger partial charge in [0.15, 0.2) is 0 Å². The lowest BCUT2D eigenvalue weighted by Crippen LogP contribution is -2.43. The predicted octanol–water partition coefficient (Wildman–Crippen LogP) is 0.0787. The number of hydrogen-bond acceptors (Lipinski definition) is 3. The van der Waals surface area contributed by atoms with Gasteiger partial charge in [0, 0.05) is 26.3 Å². The maximum Gasteiger partial charge on any atom is 0.323 e. The van der Waals surface area contributed by atoms with E-state index in [2.05, 4.69) is 10.4 Å². The first-order valence-electron chi connectivity index (χ1n) is 5.75. The van der Waals surface area contributed by atoms with Crippen LogP contribution in [0.3, 0.4) is 0 Å². The summed E-state index contributed by atoms with van der Waals surface area (Å²) < 4.78 is 1.69. The minimum absolute atomic E-state index is 0.283. The number of aryl methyl sites for hydroxylation is 1. The van der Waals surface area contributed by atoms with E-state index in [1.807, 2.05) is 13.2 Å². The normalized spacial score (nSPS) is 10.1. The second-order valence-corrected chi connectivity index (χ2v) is 3.91. The summed E-state index contributed by atoms with van der Waals surface area (Å²) in [6.45, 7) is 2.28. The Morgan fingerprint density at radius 3 is 2.78 bits per heavy atom. The number of aromatic nitrogens is 2. The highest BCUT2D eigenvalue weighted by Crippen LogP contribution is 1.96. The van der Waals surface area contributed by atoms with Crippen LogP contribution in [-0.2, 0) is 18.3 Å². The lowest BCUT2D eigenvalue weighted by Gasteiger charge is -2.18. The molecule has 1 heterocycles. The number of carboxylic acids is 1. The quantitative estimate of drug-likeness (QED) is 0.752. The van der Waals surface area contributed by atoms with Gasteiger partial charge < -0.3 is 15.3 Å². The number of nitrogens with one attached hydrogen (secondary N) is 1. The Morgan fingerprint density at radius 1 is 1.56 bits per heavy atom. The van der Waals surface area contributed by atoms with Gasteiger partial charge in [-0.3, -0.25) is 9.48 Å². The summed E-state index contributed by atoms with van der Waals surface area (Å²) in [4.78, 5) is 23.4. The van der Waals surface area contributed by atoms with Gasteiger partial charge in [0.05, 0.1) is 6.20 Å². The van der Waals surface area contributed by atoms with Crippen molar-refractivity contribution in [2.75, 3.05) is 19.6 Å². The molecule has 0 radical (unpaired) electrons. The summed E-state index contributed by atoms with van der Waals surface area (Å²) >= 11 is 0. The number of carbonyl (C=O) groups excluding carboxylic acids is 1. The van der Waals surface area contributed by atoms with Crippen LogP contribution in [0.4, 0.5) is 4.79 Å². The molecule has 1 rings (SSSR count). The van der Waals surface area contributed by atoms with Crippen LogP contribution in [0, 0.1) is 0 Å². The Labute approximate surface area is 105 Å². The van der Waals surface area contributed by atoms with E-state index in [4.69, 9.17) is 5.11 Å². The molecule has 0 saturated carbocycles. The number of hydrogen-bond donors (Lipinski definition) is 2.